The van der Waals surface area contributed by atoms with Crippen LogP contribution in [-0.4, -0.2) is 23.3 Å². The molecule has 3 rings (SSSR count). The molecular formula is C18H16O4. The average molecular weight is 296 g/mol. The third-order valence-electron chi connectivity index (χ3n) is 3.60. The van der Waals surface area contributed by atoms with E-state index in [4.69, 9.17) is 9.47 Å². The van der Waals surface area contributed by atoms with Crippen LogP contribution in [0.5, 0.6) is 11.5 Å². The zero-order valence-electron chi connectivity index (χ0n) is 11.9. The molecule has 0 radical (unpaired) electrons. The van der Waals surface area contributed by atoms with Gasteiger partial charge in [0.1, 0.15) is 17.6 Å². The molecular weight excluding hydrogens is 280 g/mol. The topological polar surface area (TPSA) is 55.8 Å². The predicted octanol–water partition coefficient (Wildman–Crippen LogP) is 3.11. The van der Waals surface area contributed by atoms with Gasteiger partial charge in [0, 0.05) is 12.5 Å². The van der Waals surface area contributed by atoms with Crippen molar-refractivity contribution < 1.29 is 19.4 Å². The summed E-state index contributed by atoms with van der Waals surface area (Å²) in [4.78, 5) is 12.2. The fraction of sp³-hybridized carbons (Fsp3) is 0.167. The molecule has 4 nitrogen and oxygen atoms in total. The summed E-state index contributed by atoms with van der Waals surface area (Å²) >= 11 is 0. The van der Waals surface area contributed by atoms with Crippen LogP contribution in [0, 0.1) is 0 Å². The van der Waals surface area contributed by atoms with Crippen molar-refractivity contribution >= 4 is 5.97 Å². The second-order valence-corrected chi connectivity index (χ2v) is 5.12. The summed E-state index contributed by atoms with van der Waals surface area (Å²) in [5, 5.41) is 9.52. The average Bonchev–Trinajstić information content (AvgIpc) is 2.55. The van der Waals surface area contributed by atoms with Crippen molar-refractivity contribution in [3.8, 4) is 11.5 Å². The number of benzene rings is 2. The highest BCUT2D eigenvalue weighted by Gasteiger charge is 2.31. The number of fused-ring (bicyclic) bond motifs is 1. The van der Waals surface area contributed by atoms with E-state index in [1.54, 1.807) is 48.5 Å². The van der Waals surface area contributed by atoms with E-state index in [9.17, 15) is 9.90 Å². The Morgan fingerprint density at radius 3 is 2.77 bits per heavy atom. The molecule has 2 atom stereocenters. The van der Waals surface area contributed by atoms with Gasteiger partial charge in [-0.2, -0.15) is 0 Å². The van der Waals surface area contributed by atoms with Crippen molar-refractivity contribution in [2.75, 3.05) is 0 Å². The Morgan fingerprint density at radius 2 is 2.05 bits per heavy atom. The summed E-state index contributed by atoms with van der Waals surface area (Å²) in [6.07, 6.45) is 1.24. The van der Waals surface area contributed by atoms with Crippen LogP contribution in [0.3, 0.4) is 0 Å². The number of carbonyl (C=O) groups excluding carboxylic acids is 1. The van der Waals surface area contributed by atoms with Crippen molar-refractivity contribution in [1.29, 1.82) is 0 Å². The van der Waals surface area contributed by atoms with E-state index in [1.165, 1.54) is 0 Å². The molecule has 2 aromatic carbocycles. The van der Waals surface area contributed by atoms with Crippen molar-refractivity contribution in [2.45, 2.75) is 18.6 Å². The van der Waals surface area contributed by atoms with E-state index < -0.39 is 12.2 Å². The fourth-order valence-electron chi connectivity index (χ4n) is 2.47. The zero-order chi connectivity index (χ0) is 15.5. The number of rotatable bonds is 3. The minimum absolute atomic E-state index is 0.140. The fourth-order valence-corrected chi connectivity index (χ4v) is 2.47. The van der Waals surface area contributed by atoms with Crippen molar-refractivity contribution in [2.24, 2.45) is 0 Å². The van der Waals surface area contributed by atoms with Crippen LogP contribution in [0.25, 0.3) is 0 Å². The Kier molecular flexibility index (Phi) is 3.83. The lowest BCUT2D eigenvalue weighted by molar-refractivity contribution is -0.00368. The molecule has 0 saturated carbocycles. The van der Waals surface area contributed by atoms with Crippen LogP contribution < -0.4 is 4.74 Å². The number of carbonyl (C=O) groups is 1. The Labute approximate surface area is 128 Å². The van der Waals surface area contributed by atoms with E-state index in [1.807, 2.05) is 6.07 Å². The second kappa shape index (κ2) is 5.93. The second-order valence-electron chi connectivity index (χ2n) is 5.12. The minimum atomic E-state index is -0.443. The molecule has 0 amide bonds. The molecule has 1 aliphatic rings. The maximum atomic E-state index is 12.2. The number of ether oxygens (including phenoxy) is 2. The highest BCUT2D eigenvalue weighted by molar-refractivity contribution is 5.89. The molecule has 22 heavy (non-hydrogen) atoms. The largest absolute Gasteiger partial charge is 0.508 e. The Hall–Kier alpha value is -2.75. The quantitative estimate of drug-likeness (QED) is 0.698. The summed E-state index contributed by atoms with van der Waals surface area (Å²) in [5.41, 5.74) is 1.39. The van der Waals surface area contributed by atoms with Gasteiger partial charge in [-0.3, -0.25) is 0 Å². The van der Waals surface area contributed by atoms with E-state index in [0.717, 1.165) is 5.56 Å². The van der Waals surface area contributed by atoms with Gasteiger partial charge in [0.05, 0.1) is 5.56 Å². The van der Waals surface area contributed by atoms with Gasteiger partial charge in [-0.25, -0.2) is 4.79 Å². The maximum absolute atomic E-state index is 12.2. The van der Waals surface area contributed by atoms with Gasteiger partial charge in [-0.1, -0.05) is 30.8 Å². The van der Waals surface area contributed by atoms with Crippen LogP contribution in [0.4, 0.5) is 0 Å². The Balaban J connectivity index is 1.80. The smallest absolute Gasteiger partial charge is 0.338 e. The van der Waals surface area contributed by atoms with Crippen LogP contribution in [0.1, 0.15) is 15.9 Å². The first kappa shape index (κ1) is 14.2. The van der Waals surface area contributed by atoms with Crippen LogP contribution in [-0.2, 0) is 11.2 Å². The monoisotopic (exact) mass is 296 g/mol. The summed E-state index contributed by atoms with van der Waals surface area (Å²) in [7, 11) is 0. The molecule has 112 valence electrons. The van der Waals surface area contributed by atoms with E-state index in [-0.39, 0.29) is 11.7 Å². The van der Waals surface area contributed by atoms with Crippen LogP contribution in [0.15, 0.2) is 61.2 Å². The molecule has 1 N–H and O–H groups in total. The van der Waals surface area contributed by atoms with Crippen LogP contribution in [0.2, 0.25) is 0 Å². The van der Waals surface area contributed by atoms with Gasteiger partial charge in [-0.15, -0.1) is 0 Å². The third-order valence-corrected chi connectivity index (χ3v) is 3.60. The normalized spacial score (nSPS) is 19.6. The molecule has 0 saturated heterocycles. The number of hydrogen-bond acceptors (Lipinski definition) is 4. The highest BCUT2D eigenvalue weighted by atomic mass is 16.6. The van der Waals surface area contributed by atoms with Gasteiger partial charge in [-0.05, 0) is 29.8 Å². The molecule has 1 aliphatic heterocycles. The molecule has 0 aliphatic carbocycles. The Morgan fingerprint density at radius 1 is 1.27 bits per heavy atom. The summed E-state index contributed by atoms with van der Waals surface area (Å²) in [6, 6.07) is 13.8. The molecule has 0 bridgehead atoms. The van der Waals surface area contributed by atoms with Crippen LogP contribution >= 0.6 is 0 Å². The van der Waals surface area contributed by atoms with Gasteiger partial charge in [0.15, 0.2) is 6.10 Å². The molecule has 0 aromatic heterocycles. The first-order chi connectivity index (χ1) is 10.7. The van der Waals surface area contributed by atoms with Crippen molar-refractivity contribution in [3.05, 3.63) is 72.3 Å². The van der Waals surface area contributed by atoms with E-state index in [0.29, 0.717) is 17.7 Å². The molecule has 0 spiro atoms. The molecule has 2 aromatic rings. The van der Waals surface area contributed by atoms with E-state index in [2.05, 4.69) is 6.58 Å². The molecule has 4 heteroatoms. The van der Waals surface area contributed by atoms with Gasteiger partial charge < -0.3 is 14.6 Å². The number of aromatic hydroxyl groups is 1. The molecule has 0 fully saturated rings. The first-order valence-corrected chi connectivity index (χ1v) is 7.04. The molecule has 1 heterocycles. The minimum Gasteiger partial charge on any atom is -0.508 e. The van der Waals surface area contributed by atoms with Gasteiger partial charge >= 0.3 is 5.97 Å². The zero-order valence-corrected chi connectivity index (χ0v) is 11.9. The SMILES string of the molecule is C=C[C@H]1Oc2cc(O)ccc2C[C@@H]1OC(=O)c1ccccc1. The standard InChI is InChI=1S/C18H16O4/c1-2-15-17(22-18(20)12-6-4-3-5-7-12)10-13-8-9-14(19)11-16(13)21-15/h2-9,11,15,17,19H,1,10H2/t15-,17+/m1/s1. The third kappa shape index (κ3) is 2.81. The lowest BCUT2D eigenvalue weighted by atomic mass is 9.99. The maximum Gasteiger partial charge on any atom is 0.338 e. The summed E-state index contributed by atoms with van der Waals surface area (Å²) < 4.78 is 11.3. The summed E-state index contributed by atoms with van der Waals surface area (Å²) in [5.74, 6) is 0.349. The van der Waals surface area contributed by atoms with E-state index >= 15 is 0 Å². The lowest BCUT2D eigenvalue weighted by Crippen LogP contribution is -2.39. The van der Waals surface area contributed by atoms with Gasteiger partial charge in [0.2, 0.25) is 0 Å². The highest BCUT2D eigenvalue weighted by Crippen LogP contribution is 2.32. The summed E-state index contributed by atoms with van der Waals surface area (Å²) in [6.45, 7) is 3.73. The van der Waals surface area contributed by atoms with Gasteiger partial charge in [0.25, 0.3) is 0 Å². The molecule has 0 unspecified atom stereocenters. The van der Waals surface area contributed by atoms with Crippen molar-refractivity contribution in [1.82, 2.24) is 0 Å². The first-order valence-electron chi connectivity index (χ1n) is 7.04. The number of phenolic OH excluding ortho intramolecular Hbond substituents is 1. The van der Waals surface area contributed by atoms with Crippen molar-refractivity contribution in [3.63, 3.8) is 0 Å². The number of hydrogen-bond donors (Lipinski definition) is 1. The Bertz CT molecular complexity index is 693. The lowest BCUT2D eigenvalue weighted by Gasteiger charge is -2.31. The predicted molar refractivity (Wildman–Crippen MR) is 82.1 cm³/mol. The number of esters is 1. The number of phenols is 1.